The Hall–Kier alpha value is -0.690. The third kappa shape index (κ3) is 2.83. The van der Waals surface area contributed by atoms with Crippen molar-refractivity contribution in [3.63, 3.8) is 0 Å². The minimum atomic E-state index is 0.198. The van der Waals surface area contributed by atoms with E-state index >= 15 is 0 Å². The average Bonchev–Trinajstić information content (AvgIpc) is 3.05. The van der Waals surface area contributed by atoms with E-state index in [4.69, 9.17) is 28.6 Å². The molecule has 106 valence electrons. The van der Waals surface area contributed by atoms with Crippen LogP contribution in [0, 0.1) is 4.77 Å². The third-order valence-corrected chi connectivity index (χ3v) is 4.47. The Balaban J connectivity index is 2.01. The Morgan fingerprint density at radius 3 is 3.15 bits per heavy atom. The molecule has 2 aromatic rings. The van der Waals surface area contributed by atoms with Crippen molar-refractivity contribution in [1.82, 2.24) is 14.8 Å². The summed E-state index contributed by atoms with van der Waals surface area (Å²) in [6.45, 7) is 1.52. The van der Waals surface area contributed by atoms with Gasteiger partial charge in [-0.1, -0.05) is 27.5 Å². The summed E-state index contributed by atoms with van der Waals surface area (Å²) in [5.41, 5.74) is 0.853. The van der Waals surface area contributed by atoms with Crippen molar-refractivity contribution in [2.24, 2.45) is 0 Å². The molecule has 0 saturated carbocycles. The van der Waals surface area contributed by atoms with Crippen LogP contribution in [-0.4, -0.2) is 27.5 Å². The first-order chi connectivity index (χ1) is 9.65. The molecule has 1 aliphatic heterocycles. The molecular formula is C13H13BrClN3OS. The van der Waals surface area contributed by atoms with Crippen LogP contribution < -0.4 is 0 Å². The van der Waals surface area contributed by atoms with Gasteiger partial charge in [0.25, 0.3) is 0 Å². The van der Waals surface area contributed by atoms with E-state index in [-0.39, 0.29) is 6.10 Å². The van der Waals surface area contributed by atoms with Crippen molar-refractivity contribution in [3.8, 4) is 11.4 Å². The zero-order valence-corrected chi connectivity index (χ0v) is 13.8. The second-order valence-electron chi connectivity index (χ2n) is 4.72. The summed E-state index contributed by atoms with van der Waals surface area (Å²) in [7, 11) is 0. The van der Waals surface area contributed by atoms with Gasteiger partial charge in [0, 0.05) is 16.6 Å². The molecule has 1 N–H and O–H groups in total. The number of nitrogens with one attached hydrogen (secondary N) is 1. The molecule has 1 atom stereocenters. The maximum atomic E-state index is 6.28. The molecule has 1 aliphatic rings. The quantitative estimate of drug-likeness (QED) is 0.819. The summed E-state index contributed by atoms with van der Waals surface area (Å²) < 4.78 is 9.17. The molecule has 0 radical (unpaired) electrons. The fourth-order valence-electron chi connectivity index (χ4n) is 2.35. The van der Waals surface area contributed by atoms with Gasteiger partial charge in [0.15, 0.2) is 10.6 Å². The van der Waals surface area contributed by atoms with Crippen LogP contribution in [0.1, 0.15) is 12.8 Å². The molecule has 1 aromatic heterocycles. The Bertz CT molecular complexity index is 678. The molecule has 4 nitrogen and oxygen atoms in total. The summed E-state index contributed by atoms with van der Waals surface area (Å²) in [6, 6.07) is 5.69. The fraction of sp³-hybridized carbons (Fsp3) is 0.385. The van der Waals surface area contributed by atoms with Gasteiger partial charge in [-0.05, 0) is 43.3 Å². The molecule has 0 spiro atoms. The van der Waals surface area contributed by atoms with Gasteiger partial charge in [-0.15, -0.1) is 0 Å². The lowest BCUT2D eigenvalue weighted by Crippen LogP contribution is -2.16. The highest BCUT2D eigenvalue weighted by molar-refractivity contribution is 9.10. The van der Waals surface area contributed by atoms with E-state index in [0.29, 0.717) is 16.3 Å². The minimum absolute atomic E-state index is 0.198. The smallest absolute Gasteiger partial charge is 0.195 e. The number of aromatic nitrogens is 3. The van der Waals surface area contributed by atoms with Crippen molar-refractivity contribution in [2.75, 3.05) is 6.61 Å². The second kappa shape index (κ2) is 5.97. The van der Waals surface area contributed by atoms with Crippen molar-refractivity contribution in [2.45, 2.75) is 25.5 Å². The van der Waals surface area contributed by atoms with Crippen LogP contribution in [0.4, 0.5) is 0 Å². The summed E-state index contributed by atoms with van der Waals surface area (Å²) in [5.74, 6) is 0.747. The molecule has 20 heavy (non-hydrogen) atoms. The second-order valence-corrected chi connectivity index (χ2v) is 6.43. The average molecular weight is 375 g/mol. The van der Waals surface area contributed by atoms with Crippen LogP contribution in [0.15, 0.2) is 22.7 Å². The largest absolute Gasteiger partial charge is 0.376 e. The van der Waals surface area contributed by atoms with Gasteiger partial charge in [0.2, 0.25) is 0 Å². The number of ether oxygens (including phenoxy) is 1. The molecule has 0 aliphatic carbocycles. The monoisotopic (exact) mass is 373 g/mol. The van der Waals surface area contributed by atoms with E-state index in [1.165, 1.54) is 0 Å². The normalized spacial score (nSPS) is 18.6. The number of halogens is 2. The number of rotatable bonds is 3. The van der Waals surface area contributed by atoms with Gasteiger partial charge in [0.05, 0.1) is 17.7 Å². The number of nitrogens with zero attached hydrogens (tertiary/aromatic N) is 2. The number of aromatic amines is 1. The van der Waals surface area contributed by atoms with Gasteiger partial charge < -0.3 is 4.74 Å². The lowest BCUT2D eigenvalue weighted by atomic mass is 10.2. The van der Waals surface area contributed by atoms with E-state index in [2.05, 4.69) is 26.1 Å². The van der Waals surface area contributed by atoms with Crippen LogP contribution >= 0.6 is 39.7 Å². The number of H-pyrrole nitrogens is 1. The van der Waals surface area contributed by atoms with Gasteiger partial charge in [-0.2, -0.15) is 5.10 Å². The van der Waals surface area contributed by atoms with Gasteiger partial charge in [-0.25, -0.2) is 0 Å². The maximum Gasteiger partial charge on any atom is 0.195 e. The zero-order chi connectivity index (χ0) is 14.1. The molecule has 0 unspecified atom stereocenters. The predicted octanol–water partition coefficient (Wildman–Crippen LogP) is 4.20. The van der Waals surface area contributed by atoms with Crippen LogP contribution in [0.25, 0.3) is 11.4 Å². The molecule has 1 fully saturated rings. The molecular weight excluding hydrogens is 362 g/mol. The first-order valence-corrected chi connectivity index (χ1v) is 7.95. The van der Waals surface area contributed by atoms with Crippen LogP contribution in [0.2, 0.25) is 5.02 Å². The Labute approximate surface area is 135 Å². The molecule has 0 bridgehead atoms. The Morgan fingerprint density at radius 1 is 1.55 bits per heavy atom. The van der Waals surface area contributed by atoms with Crippen LogP contribution in [-0.2, 0) is 11.3 Å². The highest BCUT2D eigenvalue weighted by Gasteiger charge is 2.20. The molecule has 3 rings (SSSR count). The molecule has 1 aromatic carbocycles. The lowest BCUT2D eigenvalue weighted by Gasteiger charge is -2.13. The minimum Gasteiger partial charge on any atom is -0.376 e. The molecule has 1 saturated heterocycles. The van der Waals surface area contributed by atoms with Crippen molar-refractivity contribution >= 4 is 39.7 Å². The van der Waals surface area contributed by atoms with Gasteiger partial charge >= 0.3 is 0 Å². The van der Waals surface area contributed by atoms with Crippen molar-refractivity contribution < 1.29 is 4.74 Å². The molecule has 0 amide bonds. The number of hydrogen-bond donors (Lipinski definition) is 1. The van der Waals surface area contributed by atoms with E-state index < -0.39 is 0 Å². The zero-order valence-electron chi connectivity index (χ0n) is 10.6. The summed E-state index contributed by atoms with van der Waals surface area (Å²) >= 11 is 15.0. The van der Waals surface area contributed by atoms with Crippen molar-refractivity contribution in [3.05, 3.63) is 32.5 Å². The number of hydrogen-bond acceptors (Lipinski definition) is 3. The third-order valence-electron chi connectivity index (χ3n) is 3.34. The summed E-state index contributed by atoms with van der Waals surface area (Å²) in [4.78, 5) is 0. The lowest BCUT2D eigenvalue weighted by molar-refractivity contribution is 0.0970. The first kappa shape index (κ1) is 14.3. The van der Waals surface area contributed by atoms with E-state index in [1.807, 2.05) is 22.8 Å². The molecule has 2 heterocycles. The highest BCUT2D eigenvalue weighted by atomic mass is 79.9. The van der Waals surface area contributed by atoms with Crippen LogP contribution in [0.5, 0.6) is 0 Å². The van der Waals surface area contributed by atoms with Gasteiger partial charge in [-0.3, -0.25) is 9.67 Å². The Morgan fingerprint density at radius 2 is 2.40 bits per heavy atom. The predicted molar refractivity (Wildman–Crippen MR) is 84.5 cm³/mol. The summed E-state index contributed by atoms with van der Waals surface area (Å²) in [6.07, 6.45) is 2.35. The topological polar surface area (TPSA) is 42.8 Å². The number of benzene rings is 1. The SMILES string of the molecule is S=c1[nH]nc(-c2cc(Br)ccc2Cl)n1C[C@H]1CCCO1. The van der Waals surface area contributed by atoms with E-state index in [9.17, 15) is 0 Å². The van der Waals surface area contributed by atoms with Crippen LogP contribution in [0.3, 0.4) is 0 Å². The Kier molecular flexibility index (Phi) is 4.26. The van der Waals surface area contributed by atoms with E-state index in [0.717, 1.165) is 35.3 Å². The highest BCUT2D eigenvalue weighted by Crippen LogP contribution is 2.30. The standard InChI is InChI=1S/C13H13BrClN3OS/c14-8-3-4-11(15)10(6-8)12-16-17-13(20)18(12)7-9-2-1-5-19-9/h3-4,6,9H,1-2,5,7H2,(H,17,20)/t9-/m1/s1. The fourth-order valence-corrected chi connectivity index (χ4v) is 3.12. The van der Waals surface area contributed by atoms with Crippen molar-refractivity contribution in [1.29, 1.82) is 0 Å². The van der Waals surface area contributed by atoms with Gasteiger partial charge in [0.1, 0.15) is 0 Å². The maximum absolute atomic E-state index is 6.28. The van der Waals surface area contributed by atoms with E-state index in [1.54, 1.807) is 0 Å². The molecule has 7 heteroatoms. The summed E-state index contributed by atoms with van der Waals surface area (Å²) in [5, 5.41) is 7.81. The first-order valence-electron chi connectivity index (χ1n) is 6.37.